The molecule has 0 aromatic heterocycles. The summed E-state index contributed by atoms with van der Waals surface area (Å²) >= 11 is 0. The molecule has 1 aliphatic heterocycles. The zero-order valence-corrected chi connectivity index (χ0v) is 16.0. The van der Waals surface area contributed by atoms with Crippen molar-refractivity contribution in [1.82, 2.24) is 10.6 Å². The smallest absolute Gasteiger partial charge is 0.390 e. The first kappa shape index (κ1) is 21.5. The van der Waals surface area contributed by atoms with Crippen molar-refractivity contribution in [2.24, 2.45) is 4.99 Å². The number of hydrogen-bond donors (Lipinski definition) is 2. The fourth-order valence-corrected chi connectivity index (χ4v) is 1.94. The lowest BCUT2D eigenvalue weighted by Crippen LogP contribution is -2.39. The third kappa shape index (κ3) is 7.88. The van der Waals surface area contributed by atoms with Crippen molar-refractivity contribution in [3.8, 4) is 17.2 Å². The lowest BCUT2D eigenvalue weighted by molar-refractivity contribution is -0.132. The van der Waals surface area contributed by atoms with E-state index in [1.807, 2.05) is 6.92 Å². The topological polar surface area (TPSA) is 64.1 Å². The van der Waals surface area contributed by atoms with Gasteiger partial charge >= 0.3 is 6.18 Å². The van der Waals surface area contributed by atoms with Crippen LogP contribution in [0.3, 0.4) is 0 Å². The predicted molar refractivity (Wildman–Crippen MR) is 98.1 cm³/mol. The summed E-state index contributed by atoms with van der Waals surface area (Å²) < 4.78 is 52.4. The molecule has 0 unspecified atom stereocenters. The molecule has 1 aromatic rings. The van der Waals surface area contributed by atoms with Crippen molar-refractivity contribution in [2.45, 2.75) is 19.5 Å². The van der Waals surface area contributed by atoms with Crippen LogP contribution in [0, 0.1) is 0 Å². The van der Waals surface area contributed by atoms with E-state index in [0.717, 1.165) is 0 Å². The van der Waals surface area contributed by atoms with Crippen LogP contribution in [0.15, 0.2) is 23.2 Å². The molecule has 10 heteroatoms. The van der Waals surface area contributed by atoms with Crippen LogP contribution < -0.4 is 24.8 Å². The average molecular weight is 475 g/mol. The second-order valence-electron chi connectivity index (χ2n) is 4.92. The number of rotatable bonds is 7. The van der Waals surface area contributed by atoms with Crippen molar-refractivity contribution in [3.05, 3.63) is 18.2 Å². The van der Waals surface area contributed by atoms with Crippen LogP contribution in [-0.2, 0) is 0 Å². The largest absolute Gasteiger partial charge is 0.492 e. The van der Waals surface area contributed by atoms with Gasteiger partial charge in [-0.05, 0) is 19.1 Å². The number of ether oxygens (including phenoxy) is 3. The summed E-state index contributed by atoms with van der Waals surface area (Å²) in [5, 5.41) is 5.80. The van der Waals surface area contributed by atoms with Crippen molar-refractivity contribution in [3.63, 3.8) is 0 Å². The van der Waals surface area contributed by atoms with Gasteiger partial charge in [0.25, 0.3) is 0 Å². The number of guanidine groups is 1. The molecular weight excluding hydrogens is 454 g/mol. The minimum atomic E-state index is -4.21. The van der Waals surface area contributed by atoms with E-state index in [1.54, 1.807) is 18.2 Å². The van der Waals surface area contributed by atoms with E-state index in [-0.39, 0.29) is 37.3 Å². The molecule has 142 valence electrons. The highest BCUT2D eigenvalue weighted by Crippen LogP contribution is 2.34. The summed E-state index contributed by atoms with van der Waals surface area (Å²) in [6, 6.07) is 5.24. The summed E-state index contributed by atoms with van der Waals surface area (Å²) in [6.07, 6.45) is -5.15. The Labute approximate surface area is 161 Å². The van der Waals surface area contributed by atoms with Gasteiger partial charge in [0.15, 0.2) is 17.5 Å². The zero-order valence-electron chi connectivity index (χ0n) is 13.7. The molecule has 0 atom stereocenters. The van der Waals surface area contributed by atoms with Gasteiger partial charge in [-0.2, -0.15) is 13.2 Å². The second kappa shape index (κ2) is 10.4. The van der Waals surface area contributed by atoms with E-state index < -0.39 is 12.6 Å². The first-order chi connectivity index (χ1) is 11.5. The number of alkyl halides is 3. The molecule has 0 amide bonds. The fourth-order valence-electron chi connectivity index (χ4n) is 1.94. The van der Waals surface area contributed by atoms with Crippen LogP contribution in [0.25, 0.3) is 0 Å². The molecule has 0 saturated heterocycles. The minimum absolute atomic E-state index is 0. The lowest BCUT2D eigenvalue weighted by Gasteiger charge is -2.12. The average Bonchev–Trinajstić information content (AvgIpc) is 2.98. The lowest BCUT2D eigenvalue weighted by atomic mass is 10.3. The number of fused-ring (bicyclic) bond motifs is 1. The fraction of sp³-hybridized carbons (Fsp3) is 0.533. The second-order valence-corrected chi connectivity index (χ2v) is 4.92. The van der Waals surface area contributed by atoms with Crippen molar-refractivity contribution in [2.75, 3.05) is 33.0 Å². The number of nitrogens with one attached hydrogen (secondary N) is 2. The Morgan fingerprint density at radius 3 is 2.72 bits per heavy atom. The van der Waals surface area contributed by atoms with E-state index in [2.05, 4.69) is 15.6 Å². The molecule has 2 rings (SSSR count). The van der Waals surface area contributed by atoms with Gasteiger partial charge in [0.1, 0.15) is 12.4 Å². The molecule has 2 N–H and O–H groups in total. The Bertz CT molecular complexity index is 571. The number of benzene rings is 1. The van der Waals surface area contributed by atoms with Gasteiger partial charge < -0.3 is 24.8 Å². The maximum Gasteiger partial charge on any atom is 0.390 e. The highest BCUT2D eigenvalue weighted by Gasteiger charge is 2.26. The number of halogens is 4. The van der Waals surface area contributed by atoms with Crippen LogP contribution in [0.1, 0.15) is 13.3 Å². The van der Waals surface area contributed by atoms with E-state index >= 15 is 0 Å². The van der Waals surface area contributed by atoms with Gasteiger partial charge in [0, 0.05) is 12.6 Å². The van der Waals surface area contributed by atoms with E-state index in [9.17, 15) is 13.2 Å². The van der Waals surface area contributed by atoms with Crippen LogP contribution in [0.5, 0.6) is 17.2 Å². The summed E-state index contributed by atoms with van der Waals surface area (Å²) in [5.41, 5.74) is 0. The van der Waals surface area contributed by atoms with Gasteiger partial charge in [-0.25, -0.2) is 0 Å². The molecule has 0 saturated carbocycles. The normalized spacial score (nSPS) is 13.2. The van der Waals surface area contributed by atoms with Crippen molar-refractivity contribution >= 4 is 29.9 Å². The zero-order chi connectivity index (χ0) is 17.4. The number of hydrogen-bond acceptors (Lipinski definition) is 4. The predicted octanol–water partition coefficient (Wildman–Crippen LogP) is 2.92. The summed E-state index contributed by atoms with van der Waals surface area (Å²) in [6.45, 7) is 2.99. The first-order valence-corrected chi connectivity index (χ1v) is 7.59. The maximum absolute atomic E-state index is 12.1. The monoisotopic (exact) mass is 475 g/mol. The van der Waals surface area contributed by atoms with Gasteiger partial charge in [0.05, 0.1) is 19.5 Å². The third-order valence-corrected chi connectivity index (χ3v) is 3.02. The van der Waals surface area contributed by atoms with E-state index in [4.69, 9.17) is 14.2 Å². The Morgan fingerprint density at radius 1 is 1.24 bits per heavy atom. The van der Waals surface area contributed by atoms with E-state index in [0.29, 0.717) is 42.9 Å². The molecule has 25 heavy (non-hydrogen) atoms. The molecule has 0 spiro atoms. The van der Waals surface area contributed by atoms with Crippen LogP contribution in [-0.4, -0.2) is 45.2 Å². The third-order valence-electron chi connectivity index (χ3n) is 3.02. The maximum atomic E-state index is 12.1. The van der Waals surface area contributed by atoms with Gasteiger partial charge in [-0.3, -0.25) is 4.99 Å². The van der Waals surface area contributed by atoms with Gasteiger partial charge in [0.2, 0.25) is 6.79 Å². The Hall–Kier alpha value is -1.59. The summed E-state index contributed by atoms with van der Waals surface area (Å²) in [7, 11) is 0. The molecule has 0 aliphatic carbocycles. The van der Waals surface area contributed by atoms with E-state index in [1.165, 1.54) is 0 Å². The SMILES string of the molecule is CCNC(=NCCC(F)(F)F)NCCOc1ccc2c(c1)OCO2.I. The molecule has 1 heterocycles. The Morgan fingerprint density at radius 2 is 2.00 bits per heavy atom. The number of aliphatic imine (C=N–C) groups is 1. The Balaban J connectivity index is 0.00000312. The quantitative estimate of drug-likeness (QED) is 0.275. The van der Waals surface area contributed by atoms with Gasteiger partial charge in [-0.15, -0.1) is 24.0 Å². The molecule has 0 bridgehead atoms. The van der Waals surface area contributed by atoms with Crippen LogP contribution >= 0.6 is 24.0 Å². The highest BCUT2D eigenvalue weighted by atomic mass is 127. The molecule has 0 fully saturated rings. The standard InChI is InChI=1S/C15H20F3N3O3.HI/c1-2-19-14(20-6-5-15(16,17)18)21-7-8-22-11-3-4-12-13(9-11)24-10-23-12;/h3-4,9H,2,5-8,10H2,1H3,(H2,19,20,21);1H. The van der Waals surface area contributed by atoms with Gasteiger partial charge in [-0.1, -0.05) is 0 Å². The molecular formula is C15H21F3IN3O3. The molecule has 1 aliphatic rings. The van der Waals surface area contributed by atoms with Crippen LogP contribution in [0.2, 0.25) is 0 Å². The summed E-state index contributed by atoms with van der Waals surface area (Å²) in [5.74, 6) is 2.25. The molecule has 6 nitrogen and oxygen atoms in total. The minimum Gasteiger partial charge on any atom is -0.492 e. The summed E-state index contributed by atoms with van der Waals surface area (Å²) in [4.78, 5) is 3.87. The molecule has 0 radical (unpaired) electrons. The highest BCUT2D eigenvalue weighted by molar-refractivity contribution is 14.0. The first-order valence-electron chi connectivity index (χ1n) is 7.59. The van der Waals surface area contributed by atoms with Crippen LogP contribution in [0.4, 0.5) is 13.2 Å². The van der Waals surface area contributed by atoms with Crippen molar-refractivity contribution < 1.29 is 27.4 Å². The van der Waals surface area contributed by atoms with Crippen molar-refractivity contribution in [1.29, 1.82) is 0 Å². The number of nitrogens with zero attached hydrogens (tertiary/aromatic N) is 1. The Kier molecular flexibility index (Phi) is 8.93. The molecule has 1 aromatic carbocycles.